The highest BCUT2D eigenvalue weighted by Gasteiger charge is 2.03. The van der Waals surface area contributed by atoms with Gasteiger partial charge in [-0.3, -0.25) is 4.31 Å². The number of rotatable bonds is 5. The predicted molar refractivity (Wildman–Crippen MR) is 82.3 cm³/mol. The quantitative estimate of drug-likeness (QED) is 0.847. The van der Waals surface area contributed by atoms with E-state index in [0.29, 0.717) is 6.54 Å². The Kier molecular flexibility index (Phi) is 5.14. The molecule has 0 aliphatic carbocycles. The molecule has 96 valence electrons. The summed E-state index contributed by atoms with van der Waals surface area (Å²) in [7, 11) is 4.11. The Morgan fingerprint density at radius 1 is 1.17 bits per heavy atom. The molecule has 2 N–H and O–H groups in total. The van der Waals surface area contributed by atoms with E-state index < -0.39 is 0 Å². The summed E-state index contributed by atoms with van der Waals surface area (Å²) >= 11 is 5.30. The molecular weight excluding hydrogens is 280 g/mol. The van der Waals surface area contributed by atoms with Crippen molar-refractivity contribution in [3.63, 3.8) is 0 Å². The highest BCUT2D eigenvalue weighted by molar-refractivity contribution is 8.01. The fourth-order valence-corrected chi connectivity index (χ4v) is 4.35. The molecule has 0 bridgehead atoms. The van der Waals surface area contributed by atoms with Gasteiger partial charge in [-0.05, 0) is 56.4 Å². The fraction of sp³-hybridized carbons (Fsp3) is 0.231. The van der Waals surface area contributed by atoms with Gasteiger partial charge < -0.3 is 5.73 Å². The Hall–Kier alpha value is -0.460. The maximum Gasteiger partial charge on any atom is 0.0649 e. The van der Waals surface area contributed by atoms with Crippen molar-refractivity contribution in [2.75, 3.05) is 14.1 Å². The maximum absolute atomic E-state index is 5.63. The SMILES string of the molecule is CN(C)Sc1cccc(Sc2ccc(CN)s2)c1. The maximum atomic E-state index is 5.63. The van der Waals surface area contributed by atoms with Crippen molar-refractivity contribution in [2.45, 2.75) is 20.5 Å². The summed E-state index contributed by atoms with van der Waals surface area (Å²) in [5, 5.41) is 0. The van der Waals surface area contributed by atoms with Crippen LogP contribution in [0.4, 0.5) is 0 Å². The second kappa shape index (κ2) is 6.63. The normalized spacial score (nSPS) is 11.1. The van der Waals surface area contributed by atoms with Gasteiger partial charge in [-0.1, -0.05) is 17.8 Å². The third kappa shape index (κ3) is 4.03. The summed E-state index contributed by atoms with van der Waals surface area (Å²) in [5.41, 5.74) is 5.63. The molecule has 0 amide bonds. The Bertz CT molecular complexity index is 508. The fourth-order valence-electron chi connectivity index (χ4n) is 1.44. The standard InChI is InChI=1S/C13H16N2S3/c1-15(2)18-11-5-3-4-10(8-11)16-13-7-6-12(9-14)17-13/h3-8H,9,14H2,1-2H3. The number of nitrogens with zero attached hydrogens (tertiary/aromatic N) is 1. The molecule has 1 aromatic heterocycles. The predicted octanol–water partition coefficient (Wildman–Crippen LogP) is 3.93. The van der Waals surface area contributed by atoms with E-state index in [9.17, 15) is 0 Å². The van der Waals surface area contributed by atoms with E-state index >= 15 is 0 Å². The zero-order valence-electron chi connectivity index (χ0n) is 10.4. The Balaban J connectivity index is 2.08. The second-order valence-electron chi connectivity index (χ2n) is 3.91. The van der Waals surface area contributed by atoms with Crippen LogP contribution in [0.5, 0.6) is 0 Å². The van der Waals surface area contributed by atoms with E-state index in [1.54, 1.807) is 35.0 Å². The molecule has 0 spiro atoms. The smallest absolute Gasteiger partial charge is 0.0649 e. The molecule has 0 saturated carbocycles. The topological polar surface area (TPSA) is 29.3 Å². The lowest BCUT2D eigenvalue weighted by Crippen LogP contribution is -1.98. The summed E-state index contributed by atoms with van der Waals surface area (Å²) < 4.78 is 3.39. The summed E-state index contributed by atoms with van der Waals surface area (Å²) in [6.45, 7) is 0.627. The zero-order valence-corrected chi connectivity index (χ0v) is 12.9. The molecule has 1 heterocycles. The number of nitrogens with two attached hydrogens (primary N) is 1. The average molecular weight is 296 g/mol. The molecule has 1 aromatic carbocycles. The second-order valence-corrected chi connectivity index (χ2v) is 7.83. The number of benzene rings is 1. The molecule has 0 radical (unpaired) electrons. The van der Waals surface area contributed by atoms with Crippen molar-refractivity contribution >= 4 is 35.0 Å². The average Bonchev–Trinajstić information content (AvgIpc) is 2.76. The minimum Gasteiger partial charge on any atom is -0.326 e. The van der Waals surface area contributed by atoms with E-state index in [-0.39, 0.29) is 0 Å². The van der Waals surface area contributed by atoms with Crippen molar-refractivity contribution < 1.29 is 0 Å². The van der Waals surface area contributed by atoms with Gasteiger partial charge in [0.2, 0.25) is 0 Å². The van der Waals surface area contributed by atoms with E-state index in [4.69, 9.17) is 5.73 Å². The van der Waals surface area contributed by atoms with Crippen molar-refractivity contribution in [2.24, 2.45) is 5.73 Å². The van der Waals surface area contributed by atoms with Crippen LogP contribution in [0, 0.1) is 0 Å². The van der Waals surface area contributed by atoms with Crippen LogP contribution in [0.1, 0.15) is 4.88 Å². The van der Waals surface area contributed by atoms with Crippen LogP contribution in [0.3, 0.4) is 0 Å². The lowest BCUT2D eigenvalue weighted by molar-refractivity contribution is 0.702. The molecule has 0 atom stereocenters. The van der Waals surface area contributed by atoms with Gasteiger partial charge in [-0.25, -0.2) is 0 Å². The summed E-state index contributed by atoms with van der Waals surface area (Å²) in [6.07, 6.45) is 0. The van der Waals surface area contributed by atoms with Crippen LogP contribution in [-0.4, -0.2) is 18.4 Å². The van der Waals surface area contributed by atoms with E-state index in [1.807, 2.05) is 0 Å². The molecular formula is C13H16N2S3. The number of thiophene rings is 1. The lowest BCUT2D eigenvalue weighted by Gasteiger charge is -2.09. The summed E-state index contributed by atoms with van der Waals surface area (Å²) in [4.78, 5) is 3.77. The number of hydrogen-bond donors (Lipinski definition) is 1. The monoisotopic (exact) mass is 296 g/mol. The highest BCUT2D eigenvalue weighted by atomic mass is 32.2. The largest absolute Gasteiger partial charge is 0.326 e. The first kappa shape index (κ1) is 14.0. The van der Waals surface area contributed by atoms with Crippen molar-refractivity contribution in [1.82, 2.24) is 4.31 Å². The molecule has 0 fully saturated rings. The molecule has 18 heavy (non-hydrogen) atoms. The van der Waals surface area contributed by atoms with E-state index in [1.165, 1.54) is 18.9 Å². The first-order valence-corrected chi connectivity index (χ1v) is 8.00. The Morgan fingerprint density at radius 3 is 2.61 bits per heavy atom. The Morgan fingerprint density at radius 2 is 1.94 bits per heavy atom. The van der Waals surface area contributed by atoms with Crippen molar-refractivity contribution in [3.05, 3.63) is 41.3 Å². The summed E-state index contributed by atoms with van der Waals surface area (Å²) in [5.74, 6) is 0. The third-order valence-electron chi connectivity index (χ3n) is 2.15. The van der Waals surface area contributed by atoms with Crippen LogP contribution < -0.4 is 5.73 Å². The lowest BCUT2D eigenvalue weighted by atomic mass is 10.4. The van der Waals surface area contributed by atoms with E-state index in [2.05, 4.69) is 54.8 Å². The highest BCUT2D eigenvalue weighted by Crippen LogP contribution is 2.35. The van der Waals surface area contributed by atoms with Gasteiger partial charge in [-0.2, -0.15) is 0 Å². The van der Waals surface area contributed by atoms with Crippen LogP contribution in [0.25, 0.3) is 0 Å². The molecule has 5 heteroatoms. The van der Waals surface area contributed by atoms with Gasteiger partial charge in [0.05, 0.1) is 4.21 Å². The Labute approximate surface area is 121 Å². The van der Waals surface area contributed by atoms with Gasteiger partial charge >= 0.3 is 0 Å². The first-order valence-electron chi connectivity index (χ1n) is 5.59. The number of hydrogen-bond acceptors (Lipinski definition) is 5. The molecule has 2 rings (SSSR count). The third-order valence-corrected chi connectivity index (χ3v) is 5.21. The van der Waals surface area contributed by atoms with Gasteiger partial charge in [0, 0.05) is 21.2 Å². The minimum atomic E-state index is 0.627. The molecule has 0 aliphatic heterocycles. The zero-order chi connectivity index (χ0) is 13.0. The summed E-state index contributed by atoms with van der Waals surface area (Å²) in [6, 6.07) is 12.8. The van der Waals surface area contributed by atoms with Crippen LogP contribution in [0.15, 0.2) is 50.4 Å². The van der Waals surface area contributed by atoms with Gasteiger partial charge in [0.25, 0.3) is 0 Å². The minimum absolute atomic E-state index is 0.627. The molecule has 0 unspecified atom stereocenters. The molecule has 2 nitrogen and oxygen atoms in total. The van der Waals surface area contributed by atoms with E-state index in [0.717, 1.165) is 0 Å². The van der Waals surface area contributed by atoms with Crippen LogP contribution in [-0.2, 0) is 6.54 Å². The van der Waals surface area contributed by atoms with Gasteiger partial charge in [0.1, 0.15) is 0 Å². The molecule has 0 saturated heterocycles. The van der Waals surface area contributed by atoms with Crippen molar-refractivity contribution in [3.8, 4) is 0 Å². The first-order chi connectivity index (χ1) is 8.67. The molecule has 2 aromatic rings. The van der Waals surface area contributed by atoms with Gasteiger partial charge in [0.15, 0.2) is 0 Å². The van der Waals surface area contributed by atoms with Crippen molar-refractivity contribution in [1.29, 1.82) is 0 Å². The van der Waals surface area contributed by atoms with Crippen LogP contribution in [0.2, 0.25) is 0 Å². The van der Waals surface area contributed by atoms with Gasteiger partial charge in [-0.15, -0.1) is 11.3 Å². The van der Waals surface area contributed by atoms with Crippen LogP contribution >= 0.6 is 35.0 Å². The molecule has 0 aliphatic rings.